The molecule has 0 saturated heterocycles. The molecule has 0 bridgehead atoms. The lowest BCUT2D eigenvalue weighted by molar-refractivity contribution is -0.139. The van der Waals surface area contributed by atoms with Crippen LogP contribution in [0.1, 0.15) is 38.5 Å². The van der Waals surface area contributed by atoms with Gasteiger partial charge in [-0.2, -0.15) is 0 Å². The molecule has 4 nitrogen and oxygen atoms in total. The number of rotatable bonds is 14. The zero-order valence-corrected chi connectivity index (χ0v) is 14.3. The molecule has 0 radical (unpaired) electrons. The van der Waals surface area contributed by atoms with Crippen LogP contribution >= 0.6 is 0 Å². The molecule has 0 rings (SSSR count). The van der Waals surface area contributed by atoms with Crippen molar-refractivity contribution >= 4 is 11.9 Å². The minimum absolute atomic E-state index is 0.194. The van der Waals surface area contributed by atoms with Crippen molar-refractivity contribution in [3.05, 3.63) is 61.8 Å². The van der Waals surface area contributed by atoms with Crippen molar-refractivity contribution in [2.45, 2.75) is 38.5 Å². The third kappa shape index (κ3) is 16.0. The molecule has 132 valence electrons. The average Bonchev–Trinajstić information content (AvgIpc) is 2.58. The summed E-state index contributed by atoms with van der Waals surface area (Å²) < 4.78 is 9.83. The van der Waals surface area contributed by atoms with Gasteiger partial charge in [-0.1, -0.05) is 36.5 Å². The molecular formula is C20H28O4. The summed E-state index contributed by atoms with van der Waals surface area (Å²) in [5.74, 6) is -1.13. The van der Waals surface area contributed by atoms with Crippen molar-refractivity contribution in [2.75, 3.05) is 13.2 Å². The lowest BCUT2D eigenvalue weighted by atomic mass is 10.2. The van der Waals surface area contributed by atoms with Gasteiger partial charge < -0.3 is 9.47 Å². The Morgan fingerprint density at radius 3 is 1.46 bits per heavy atom. The first-order chi connectivity index (χ1) is 11.7. The zero-order chi connectivity index (χ0) is 17.9. The molecule has 0 atom stereocenters. The molecule has 0 aliphatic carbocycles. The van der Waals surface area contributed by atoms with Crippen molar-refractivity contribution in [2.24, 2.45) is 0 Å². The van der Waals surface area contributed by atoms with E-state index in [4.69, 9.17) is 9.47 Å². The van der Waals surface area contributed by atoms with Crippen LogP contribution in [0.25, 0.3) is 0 Å². The number of carbonyl (C=O) groups is 2. The van der Waals surface area contributed by atoms with Crippen LogP contribution in [0.4, 0.5) is 0 Å². The molecule has 0 aromatic carbocycles. The number of unbranched alkanes of at least 4 members (excludes halogenated alkanes) is 4. The van der Waals surface area contributed by atoms with Crippen molar-refractivity contribution in [3.8, 4) is 0 Å². The van der Waals surface area contributed by atoms with Crippen LogP contribution in [-0.4, -0.2) is 25.2 Å². The van der Waals surface area contributed by atoms with E-state index in [1.54, 1.807) is 12.2 Å². The molecule has 0 N–H and O–H groups in total. The third-order valence-corrected chi connectivity index (χ3v) is 2.89. The first kappa shape index (κ1) is 21.6. The Labute approximate surface area is 145 Å². The predicted octanol–water partition coefficient (Wildman–Crippen LogP) is 4.45. The van der Waals surface area contributed by atoms with Crippen LogP contribution in [-0.2, 0) is 19.1 Å². The Kier molecular flexibility index (Phi) is 15.3. The normalized spacial score (nSPS) is 11.2. The minimum Gasteiger partial charge on any atom is -0.458 e. The molecule has 24 heavy (non-hydrogen) atoms. The summed E-state index contributed by atoms with van der Waals surface area (Å²) in [5, 5.41) is 0. The van der Waals surface area contributed by atoms with Gasteiger partial charge in [0.1, 0.15) is 13.2 Å². The smallest absolute Gasteiger partial charge is 0.331 e. The Bertz CT molecular complexity index is 416. The quantitative estimate of drug-likeness (QED) is 0.204. The maximum Gasteiger partial charge on any atom is 0.331 e. The van der Waals surface area contributed by atoms with Gasteiger partial charge >= 0.3 is 11.9 Å². The van der Waals surface area contributed by atoms with E-state index in [0.29, 0.717) is 0 Å². The lowest BCUT2D eigenvalue weighted by Crippen LogP contribution is -2.04. The second kappa shape index (κ2) is 17.0. The molecule has 0 spiro atoms. The van der Waals surface area contributed by atoms with E-state index in [1.807, 2.05) is 24.3 Å². The summed E-state index contributed by atoms with van der Waals surface area (Å²) in [6, 6.07) is 0. The number of ether oxygens (including phenoxy) is 2. The topological polar surface area (TPSA) is 52.6 Å². The monoisotopic (exact) mass is 332 g/mol. The minimum atomic E-state index is -0.567. The van der Waals surface area contributed by atoms with Gasteiger partial charge in [0.25, 0.3) is 0 Å². The summed E-state index contributed by atoms with van der Waals surface area (Å²) in [5.41, 5.74) is 0. The van der Waals surface area contributed by atoms with E-state index < -0.39 is 11.9 Å². The van der Waals surface area contributed by atoms with E-state index in [0.717, 1.165) is 50.7 Å². The van der Waals surface area contributed by atoms with Gasteiger partial charge in [0, 0.05) is 12.2 Å². The molecule has 0 aliphatic heterocycles. The second-order valence-electron chi connectivity index (χ2n) is 4.98. The molecule has 0 aliphatic rings. The second-order valence-corrected chi connectivity index (χ2v) is 4.98. The van der Waals surface area contributed by atoms with Crippen molar-refractivity contribution in [1.82, 2.24) is 0 Å². The molecule has 0 saturated carbocycles. The largest absolute Gasteiger partial charge is 0.458 e. The van der Waals surface area contributed by atoms with Gasteiger partial charge in [-0.3, -0.25) is 0 Å². The fourth-order valence-electron chi connectivity index (χ4n) is 1.62. The van der Waals surface area contributed by atoms with Gasteiger partial charge in [0.2, 0.25) is 0 Å². The third-order valence-electron chi connectivity index (χ3n) is 2.89. The molecule has 0 aromatic heterocycles. The predicted molar refractivity (Wildman–Crippen MR) is 97.4 cm³/mol. The average molecular weight is 332 g/mol. The Balaban J connectivity index is 3.71. The van der Waals surface area contributed by atoms with E-state index in [2.05, 4.69) is 13.2 Å². The van der Waals surface area contributed by atoms with Gasteiger partial charge in [-0.25, -0.2) is 9.59 Å². The van der Waals surface area contributed by atoms with Crippen LogP contribution in [0.5, 0.6) is 0 Å². The first-order valence-corrected chi connectivity index (χ1v) is 8.24. The number of hydrogen-bond acceptors (Lipinski definition) is 4. The highest BCUT2D eigenvalue weighted by Gasteiger charge is 1.99. The van der Waals surface area contributed by atoms with Crippen LogP contribution < -0.4 is 0 Å². The highest BCUT2D eigenvalue weighted by atomic mass is 16.5. The summed E-state index contributed by atoms with van der Waals surface area (Å²) in [6.07, 6.45) is 19.2. The molecule has 0 heterocycles. The van der Waals surface area contributed by atoms with E-state index in [1.165, 1.54) is 0 Å². The van der Waals surface area contributed by atoms with Crippen molar-refractivity contribution in [1.29, 1.82) is 0 Å². The Morgan fingerprint density at radius 2 is 1.08 bits per heavy atom. The van der Waals surface area contributed by atoms with Gasteiger partial charge in [-0.15, -0.1) is 13.2 Å². The summed E-state index contributed by atoms with van der Waals surface area (Å²) >= 11 is 0. The lowest BCUT2D eigenvalue weighted by Gasteiger charge is -1.98. The van der Waals surface area contributed by atoms with Gasteiger partial charge in [0.15, 0.2) is 0 Å². The molecule has 0 fully saturated rings. The fourth-order valence-corrected chi connectivity index (χ4v) is 1.62. The molecular weight excluding hydrogens is 304 g/mol. The zero-order valence-electron chi connectivity index (χ0n) is 14.3. The molecule has 0 amide bonds. The number of carbonyl (C=O) groups excluding carboxylic acids is 2. The molecule has 0 aromatic rings. The van der Waals surface area contributed by atoms with E-state index in [-0.39, 0.29) is 13.2 Å². The number of esters is 2. The van der Waals surface area contributed by atoms with Crippen molar-refractivity contribution < 1.29 is 19.1 Å². The standard InChI is InChI=1S/C20H28O4/c1-3-5-7-9-11-13-17-23-19(21)15-16-20(22)24-18-14-12-10-8-6-4-2/h3-4,11-16H,1-2,5-10,17-18H2. The Morgan fingerprint density at radius 1 is 0.667 bits per heavy atom. The van der Waals surface area contributed by atoms with Crippen LogP contribution in [0.2, 0.25) is 0 Å². The van der Waals surface area contributed by atoms with Crippen LogP contribution in [0.15, 0.2) is 61.8 Å². The summed E-state index contributed by atoms with van der Waals surface area (Å²) in [7, 11) is 0. The highest BCUT2D eigenvalue weighted by Crippen LogP contribution is 1.97. The number of allylic oxidation sites excluding steroid dienone is 4. The van der Waals surface area contributed by atoms with Gasteiger partial charge in [0.05, 0.1) is 0 Å². The van der Waals surface area contributed by atoms with E-state index in [9.17, 15) is 9.59 Å². The summed E-state index contributed by atoms with van der Waals surface area (Å²) in [6.45, 7) is 7.68. The first-order valence-electron chi connectivity index (χ1n) is 8.24. The summed E-state index contributed by atoms with van der Waals surface area (Å²) in [4.78, 5) is 22.7. The highest BCUT2D eigenvalue weighted by molar-refractivity contribution is 5.91. The van der Waals surface area contributed by atoms with Crippen molar-refractivity contribution in [3.63, 3.8) is 0 Å². The Hall–Kier alpha value is -2.36. The molecule has 4 heteroatoms. The van der Waals surface area contributed by atoms with E-state index >= 15 is 0 Å². The molecule has 0 unspecified atom stereocenters. The number of hydrogen-bond donors (Lipinski definition) is 0. The fraction of sp³-hybridized carbons (Fsp3) is 0.400. The SMILES string of the molecule is C=CCCCC=CCOC(=O)C=CC(=O)OCC=CCCCC=C. The maximum atomic E-state index is 11.4. The van der Waals surface area contributed by atoms with Gasteiger partial charge in [-0.05, 0) is 38.5 Å². The van der Waals surface area contributed by atoms with Crippen LogP contribution in [0, 0.1) is 0 Å². The van der Waals surface area contributed by atoms with Crippen LogP contribution in [0.3, 0.4) is 0 Å². The maximum absolute atomic E-state index is 11.4.